The fourth-order valence-corrected chi connectivity index (χ4v) is 6.72. The smallest absolute Gasteiger partial charge is 0.408 e. The number of nitrogens with one attached hydrogen (secondary N) is 3. The van der Waals surface area contributed by atoms with Crippen LogP contribution in [0.1, 0.15) is 116 Å². The molecule has 0 aliphatic rings. The first-order valence-corrected chi connectivity index (χ1v) is 22.4. The Labute approximate surface area is 348 Å². The van der Waals surface area contributed by atoms with Crippen LogP contribution in [0, 0.1) is 0 Å². The molecule has 0 saturated heterocycles. The van der Waals surface area contributed by atoms with Crippen molar-refractivity contribution in [2.45, 2.75) is 141 Å². The molecular weight excluding hydrogens is 761 g/mol. The predicted octanol–water partition coefficient (Wildman–Crippen LogP) is 6.12. The molecule has 13 nitrogen and oxygen atoms in total. The van der Waals surface area contributed by atoms with Gasteiger partial charge in [-0.2, -0.15) is 0 Å². The molecule has 1 unspecified atom stereocenters. The molecule has 0 aliphatic carbocycles. The number of alkyl carbamates (subject to hydrolysis) is 1. The van der Waals surface area contributed by atoms with E-state index in [4.69, 9.17) is 9.47 Å². The zero-order valence-corrected chi connectivity index (χ0v) is 36.3. The molecule has 0 saturated carbocycles. The molecule has 2 rings (SSSR count). The van der Waals surface area contributed by atoms with E-state index < -0.39 is 64.3 Å². The second-order valence-corrected chi connectivity index (χ2v) is 17.4. The van der Waals surface area contributed by atoms with Crippen molar-refractivity contribution in [2.75, 3.05) is 32.2 Å². The Kier molecular flexibility index (Phi) is 23.4. The number of hydrogen-bond donors (Lipinski definition) is 4. The van der Waals surface area contributed by atoms with Crippen LogP contribution in [0.3, 0.4) is 0 Å². The van der Waals surface area contributed by atoms with Crippen molar-refractivity contribution in [3.05, 3.63) is 65.7 Å². The van der Waals surface area contributed by atoms with E-state index in [0.29, 0.717) is 12.2 Å². The number of likely N-dealkylation sites (N-methyl/N-ethyl adjacent to an activating group) is 1. The Balaban J connectivity index is 2.11. The summed E-state index contributed by atoms with van der Waals surface area (Å²) in [7, 11) is 0.232. The van der Waals surface area contributed by atoms with Crippen molar-refractivity contribution < 1.29 is 42.8 Å². The van der Waals surface area contributed by atoms with Crippen LogP contribution in [-0.2, 0) is 52.3 Å². The van der Waals surface area contributed by atoms with Crippen molar-refractivity contribution in [1.29, 1.82) is 0 Å². The summed E-state index contributed by atoms with van der Waals surface area (Å²) in [6.45, 7) is 7.67. The lowest BCUT2D eigenvalue weighted by molar-refractivity contribution is -0.145. The van der Waals surface area contributed by atoms with Gasteiger partial charge in [0.15, 0.2) is 0 Å². The average molecular weight is 829 g/mol. The van der Waals surface area contributed by atoms with Gasteiger partial charge < -0.3 is 35.4 Å². The first kappa shape index (κ1) is 49.7. The van der Waals surface area contributed by atoms with Crippen LogP contribution >= 0.6 is 0 Å². The Hall–Kier alpha value is -4.46. The Morgan fingerprint density at radius 1 is 0.741 bits per heavy atom. The van der Waals surface area contributed by atoms with Crippen LogP contribution in [0.15, 0.2) is 54.6 Å². The van der Waals surface area contributed by atoms with E-state index in [9.17, 15) is 33.3 Å². The Bertz CT molecular complexity index is 1570. The first-order valence-electron chi connectivity index (χ1n) is 20.7. The molecule has 4 atom stereocenters. The van der Waals surface area contributed by atoms with Crippen LogP contribution in [0.4, 0.5) is 4.79 Å². The summed E-state index contributed by atoms with van der Waals surface area (Å²) < 4.78 is 23.0. The van der Waals surface area contributed by atoms with Gasteiger partial charge in [0.2, 0.25) is 17.7 Å². The number of esters is 1. The fraction of sp³-hybridized carbons (Fsp3) is 0.614. The number of phenols is 1. The van der Waals surface area contributed by atoms with Crippen molar-refractivity contribution in [1.82, 2.24) is 20.9 Å². The number of carbonyl (C=O) groups excluding carboxylic acids is 5. The number of aromatic hydroxyl groups is 1. The van der Waals surface area contributed by atoms with Gasteiger partial charge >= 0.3 is 12.1 Å². The van der Waals surface area contributed by atoms with Gasteiger partial charge in [-0.1, -0.05) is 107 Å². The Morgan fingerprint density at radius 3 is 1.86 bits per heavy atom. The quantitative estimate of drug-likeness (QED) is 0.0610. The lowest BCUT2D eigenvalue weighted by Crippen LogP contribution is -2.58. The van der Waals surface area contributed by atoms with Crippen molar-refractivity contribution >= 4 is 40.6 Å². The van der Waals surface area contributed by atoms with E-state index in [2.05, 4.69) is 22.9 Å². The highest BCUT2D eigenvalue weighted by atomic mass is 32.2. The monoisotopic (exact) mass is 828 g/mol. The highest BCUT2D eigenvalue weighted by Crippen LogP contribution is 2.15. The van der Waals surface area contributed by atoms with Crippen LogP contribution in [0.25, 0.3) is 0 Å². The minimum Gasteiger partial charge on any atom is -0.508 e. The second-order valence-electron chi connectivity index (χ2n) is 15.9. The first-order chi connectivity index (χ1) is 27.6. The molecule has 0 spiro atoms. The van der Waals surface area contributed by atoms with Crippen LogP contribution in [0.2, 0.25) is 0 Å². The number of amides is 4. The van der Waals surface area contributed by atoms with Crippen molar-refractivity contribution in [2.24, 2.45) is 0 Å². The highest BCUT2D eigenvalue weighted by Gasteiger charge is 2.32. The van der Waals surface area contributed by atoms with Gasteiger partial charge in [-0.15, -0.1) is 0 Å². The van der Waals surface area contributed by atoms with E-state index in [1.807, 2.05) is 30.3 Å². The predicted molar refractivity (Wildman–Crippen MR) is 228 cm³/mol. The number of nitrogens with zero attached hydrogens (tertiary/aromatic N) is 1. The summed E-state index contributed by atoms with van der Waals surface area (Å²) in [5.41, 5.74) is 0.539. The number of rotatable bonds is 27. The number of hydrogen-bond acceptors (Lipinski definition) is 9. The number of ether oxygens (including phenoxy) is 2. The summed E-state index contributed by atoms with van der Waals surface area (Å²) in [5.74, 6) is -2.15. The summed E-state index contributed by atoms with van der Waals surface area (Å²) in [5, 5.41) is 17.8. The molecule has 0 heterocycles. The summed E-state index contributed by atoms with van der Waals surface area (Å²) in [6, 6.07) is 11.7. The summed E-state index contributed by atoms with van der Waals surface area (Å²) >= 11 is 0. The van der Waals surface area contributed by atoms with Gasteiger partial charge in [0.25, 0.3) is 0 Å². The fourth-order valence-electron chi connectivity index (χ4n) is 6.16. The van der Waals surface area contributed by atoms with Gasteiger partial charge in [-0.05, 0) is 56.9 Å². The molecular formula is C44H68N4O9S. The van der Waals surface area contributed by atoms with E-state index in [1.165, 1.54) is 68.2 Å². The SMILES string of the molecule is CCCCCCCCCCCCOC(=O)CCN(C)C(=O)[C@H](Cc1ccccc1)NC(=O)[C@@H](CCS(C)=O)NC(=O)[C@H](Cc1ccc(O)cc1)NC(=O)OC(C)(C)C. The molecule has 2 aromatic rings. The third kappa shape index (κ3) is 21.9. The van der Waals surface area contributed by atoms with Crippen molar-refractivity contribution in [3.63, 3.8) is 0 Å². The Morgan fingerprint density at radius 2 is 1.28 bits per heavy atom. The molecule has 0 fully saturated rings. The minimum absolute atomic E-state index is 0.000997. The number of benzene rings is 2. The standard InChI is InChI=1S/C44H68N4O9S/c1-7-8-9-10-11-12-13-14-15-19-29-56-39(50)26-28-48(5)42(53)38(32-33-20-17-16-18-21-33)46-40(51)36(27-30-58(6)55)45-41(52)37(47-43(54)57-44(2,3)4)31-34-22-24-35(49)25-23-34/h16-18,20-25,36-38,49H,7-15,19,26-32H2,1-6H3,(H,45,52)(H,46,51)(H,47,54)/t36-,37+,38+,58?/m1/s1. The molecule has 0 radical (unpaired) electrons. The maximum Gasteiger partial charge on any atom is 0.408 e. The van der Waals surface area contributed by atoms with Crippen LogP contribution < -0.4 is 16.0 Å². The van der Waals surface area contributed by atoms with Gasteiger partial charge in [-0.25, -0.2) is 4.79 Å². The van der Waals surface area contributed by atoms with Gasteiger partial charge in [0.05, 0.1) is 13.0 Å². The molecule has 0 aromatic heterocycles. The maximum atomic E-state index is 14.0. The molecule has 0 bridgehead atoms. The highest BCUT2D eigenvalue weighted by molar-refractivity contribution is 7.84. The summed E-state index contributed by atoms with van der Waals surface area (Å²) in [4.78, 5) is 68.4. The van der Waals surface area contributed by atoms with Crippen LogP contribution in [-0.4, -0.2) is 99.9 Å². The van der Waals surface area contributed by atoms with E-state index >= 15 is 0 Å². The second kappa shape index (κ2) is 27.3. The van der Waals surface area contributed by atoms with E-state index in [1.54, 1.807) is 40.0 Å². The zero-order valence-electron chi connectivity index (χ0n) is 35.5. The third-order valence-corrected chi connectivity index (χ3v) is 10.2. The topological polar surface area (TPSA) is 180 Å². The molecule has 4 amide bonds. The van der Waals surface area contributed by atoms with E-state index in [0.717, 1.165) is 24.8 Å². The third-order valence-electron chi connectivity index (χ3n) is 9.40. The van der Waals surface area contributed by atoms with E-state index in [-0.39, 0.29) is 43.7 Å². The average Bonchev–Trinajstić information content (AvgIpc) is 3.17. The lowest BCUT2D eigenvalue weighted by atomic mass is 10.0. The molecule has 2 aromatic carbocycles. The minimum atomic E-state index is -1.32. The van der Waals surface area contributed by atoms with Crippen molar-refractivity contribution in [3.8, 4) is 5.75 Å². The molecule has 324 valence electrons. The number of phenolic OH excluding ortho intramolecular Hbond substituents is 1. The largest absolute Gasteiger partial charge is 0.508 e. The molecule has 58 heavy (non-hydrogen) atoms. The number of unbranched alkanes of at least 4 members (excludes halogenated alkanes) is 9. The lowest BCUT2D eigenvalue weighted by Gasteiger charge is -2.28. The van der Waals surface area contributed by atoms with Gasteiger partial charge in [0, 0.05) is 49.2 Å². The van der Waals surface area contributed by atoms with Crippen LogP contribution in [0.5, 0.6) is 5.75 Å². The molecule has 14 heteroatoms. The number of carbonyl (C=O) groups is 5. The maximum absolute atomic E-state index is 14.0. The van der Waals surface area contributed by atoms with Gasteiger partial charge in [0.1, 0.15) is 29.5 Å². The van der Waals surface area contributed by atoms with Gasteiger partial charge in [-0.3, -0.25) is 23.4 Å². The zero-order chi connectivity index (χ0) is 42.9. The molecule has 0 aliphatic heterocycles. The normalized spacial score (nSPS) is 13.3. The summed E-state index contributed by atoms with van der Waals surface area (Å²) in [6.07, 6.45) is 12.5. The molecule has 4 N–H and O–H groups in total.